The lowest BCUT2D eigenvalue weighted by molar-refractivity contribution is 0.0904. The first-order valence-corrected chi connectivity index (χ1v) is 9.64. The molecule has 0 aromatic carbocycles. The van der Waals surface area contributed by atoms with E-state index in [1.807, 2.05) is 19.9 Å². The second kappa shape index (κ2) is 7.00. The van der Waals surface area contributed by atoms with Crippen LogP contribution in [-0.4, -0.2) is 50.7 Å². The molecule has 1 saturated heterocycles. The predicted molar refractivity (Wildman–Crippen MR) is 101 cm³/mol. The Bertz CT molecular complexity index is 821. The number of carbonyl (C=O) groups excluding carboxylic acids is 1. The van der Waals surface area contributed by atoms with Crippen LogP contribution in [0.25, 0.3) is 5.82 Å². The Morgan fingerprint density at radius 3 is 2.54 bits per heavy atom. The lowest BCUT2D eigenvalue weighted by Gasteiger charge is -2.32. The fraction of sp³-hybridized carbons (Fsp3) is 0.526. The zero-order chi connectivity index (χ0) is 18.3. The maximum atomic E-state index is 12.7. The predicted octanol–water partition coefficient (Wildman–Crippen LogP) is 2.89. The van der Waals surface area contributed by atoms with Crippen LogP contribution in [0.15, 0.2) is 18.2 Å². The highest BCUT2D eigenvalue weighted by Gasteiger charge is 2.32. The van der Waals surface area contributed by atoms with Crippen LogP contribution in [0.3, 0.4) is 0 Å². The quantitative estimate of drug-likeness (QED) is 0.895. The van der Waals surface area contributed by atoms with E-state index >= 15 is 0 Å². The summed E-state index contributed by atoms with van der Waals surface area (Å²) in [6.45, 7) is 6.01. The third kappa shape index (κ3) is 3.62. The van der Waals surface area contributed by atoms with Gasteiger partial charge in [-0.3, -0.25) is 4.79 Å². The molecule has 3 heterocycles. The molecule has 1 aliphatic carbocycles. The van der Waals surface area contributed by atoms with Gasteiger partial charge >= 0.3 is 0 Å². The van der Waals surface area contributed by atoms with Gasteiger partial charge in [0.2, 0.25) is 0 Å². The number of hydrogen-bond donors (Lipinski definition) is 1. The van der Waals surface area contributed by atoms with E-state index in [9.17, 15) is 4.79 Å². The molecule has 2 aromatic rings. The fourth-order valence-electron chi connectivity index (χ4n) is 3.67. The number of carbonyl (C=O) groups is 1. The minimum Gasteiger partial charge on any atom is -0.348 e. The first kappa shape index (κ1) is 17.5. The Labute approximate surface area is 158 Å². The molecule has 26 heavy (non-hydrogen) atoms. The number of aryl methyl sites for hydroxylation is 2. The summed E-state index contributed by atoms with van der Waals surface area (Å²) in [5, 5.41) is 7.91. The van der Waals surface area contributed by atoms with Crippen LogP contribution < -0.4 is 5.32 Å². The van der Waals surface area contributed by atoms with E-state index in [4.69, 9.17) is 11.6 Å². The molecule has 1 amide bonds. The van der Waals surface area contributed by atoms with Gasteiger partial charge in [0.25, 0.3) is 5.91 Å². The van der Waals surface area contributed by atoms with Gasteiger partial charge in [0.05, 0.1) is 10.7 Å². The zero-order valence-corrected chi connectivity index (χ0v) is 16.0. The minimum atomic E-state index is -0.205. The number of aromatic nitrogens is 3. The average Bonchev–Trinajstić information content (AvgIpc) is 3.40. The summed E-state index contributed by atoms with van der Waals surface area (Å²) in [4.78, 5) is 19.8. The molecular weight excluding hydrogens is 350 g/mol. The van der Waals surface area contributed by atoms with Gasteiger partial charge in [-0.05, 0) is 57.7 Å². The monoisotopic (exact) mass is 373 g/mol. The second-order valence-corrected chi connectivity index (χ2v) is 7.76. The molecule has 1 N–H and O–H groups in total. The summed E-state index contributed by atoms with van der Waals surface area (Å²) in [6, 6.07) is 6.45. The SMILES string of the molecule is Cc1cc(C)n(-c2ccc(Cl)c(C(=O)NC3CCN(C4CC4)CC3)n2)n1. The van der Waals surface area contributed by atoms with E-state index in [2.05, 4.69) is 20.3 Å². The van der Waals surface area contributed by atoms with Crippen LogP contribution in [-0.2, 0) is 0 Å². The summed E-state index contributed by atoms with van der Waals surface area (Å²) in [6.07, 6.45) is 4.62. The van der Waals surface area contributed by atoms with Gasteiger partial charge < -0.3 is 10.2 Å². The van der Waals surface area contributed by atoms with Crippen molar-refractivity contribution in [3.63, 3.8) is 0 Å². The van der Waals surface area contributed by atoms with Crippen molar-refractivity contribution in [1.82, 2.24) is 25.0 Å². The smallest absolute Gasteiger partial charge is 0.271 e. The number of halogens is 1. The lowest BCUT2D eigenvalue weighted by Crippen LogP contribution is -2.45. The maximum absolute atomic E-state index is 12.7. The van der Waals surface area contributed by atoms with E-state index in [1.54, 1.807) is 16.8 Å². The fourth-order valence-corrected chi connectivity index (χ4v) is 3.86. The number of amides is 1. The topological polar surface area (TPSA) is 63.1 Å². The number of rotatable bonds is 4. The number of nitrogens with one attached hydrogen (secondary N) is 1. The lowest BCUT2D eigenvalue weighted by atomic mass is 10.0. The van der Waals surface area contributed by atoms with Gasteiger partial charge in [0.15, 0.2) is 5.82 Å². The molecule has 2 aliphatic rings. The highest BCUT2D eigenvalue weighted by molar-refractivity contribution is 6.33. The van der Waals surface area contributed by atoms with E-state index in [-0.39, 0.29) is 17.6 Å². The summed E-state index contributed by atoms with van der Waals surface area (Å²) in [7, 11) is 0. The van der Waals surface area contributed by atoms with Crippen LogP contribution in [0, 0.1) is 13.8 Å². The van der Waals surface area contributed by atoms with Gasteiger partial charge in [-0.15, -0.1) is 0 Å². The number of pyridine rings is 1. The molecule has 0 unspecified atom stereocenters. The summed E-state index contributed by atoms with van der Waals surface area (Å²) >= 11 is 6.25. The second-order valence-electron chi connectivity index (χ2n) is 7.35. The summed E-state index contributed by atoms with van der Waals surface area (Å²) < 4.78 is 1.73. The van der Waals surface area contributed by atoms with Gasteiger partial charge in [-0.25, -0.2) is 9.67 Å². The van der Waals surface area contributed by atoms with Crippen molar-refractivity contribution in [2.75, 3.05) is 13.1 Å². The maximum Gasteiger partial charge on any atom is 0.271 e. The first-order valence-electron chi connectivity index (χ1n) is 9.26. The molecule has 0 radical (unpaired) electrons. The average molecular weight is 374 g/mol. The first-order chi connectivity index (χ1) is 12.5. The van der Waals surface area contributed by atoms with Gasteiger partial charge in [-0.1, -0.05) is 11.6 Å². The van der Waals surface area contributed by atoms with Crippen LogP contribution in [0.1, 0.15) is 47.6 Å². The summed E-state index contributed by atoms with van der Waals surface area (Å²) in [5.74, 6) is 0.400. The molecule has 6 nitrogen and oxygen atoms in total. The normalized spacial score (nSPS) is 18.9. The van der Waals surface area contributed by atoms with Crippen molar-refractivity contribution in [2.24, 2.45) is 0 Å². The molecule has 2 aromatic heterocycles. The molecule has 1 saturated carbocycles. The molecular formula is C19H24ClN5O. The molecule has 0 atom stereocenters. The molecule has 4 rings (SSSR count). The Morgan fingerprint density at radius 2 is 1.92 bits per heavy atom. The molecule has 138 valence electrons. The molecule has 0 bridgehead atoms. The third-order valence-electron chi connectivity index (χ3n) is 5.20. The Hall–Kier alpha value is -1.92. The molecule has 1 aliphatic heterocycles. The van der Waals surface area contributed by atoms with Crippen molar-refractivity contribution in [2.45, 2.75) is 51.6 Å². The molecule has 7 heteroatoms. The van der Waals surface area contributed by atoms with E-state index < -0.39 is 0 Å². The van der Waals surface area contributed by atoms with Crippen molar-refractivity contribution in [3.05, 3.63) is 40.3 Å². The number of likely N-dealkylation sites (tertiary alicyclic amines) is 1. The minimum absolute atomic E-state index is 0.188. The zero-order valence-electron chi connectivity index (χ0n) is 15.2. The number of piperidine rings is 1. The van der Waals surface area contributed by atoms with E-state index in [0.717, 1.165) is 43.4 Å². The highest BCUT2D eigenvalue weighted by Crippen LogP contribution is 2.29. The van der Waals surface area contributed by atoms with Gasteiger partial charge in [0, 0.05) is 30.9 Å². The standard InChI is InChI=1S/C19H24ClN5O/c1-12-11-13(2)25(23-12)17-6-5-16(20)18(22-17)19(26)21-14-7-9-24(10-8-14)15-3-4-15/h5-6,11,14-15H,3-4,7-10H2,1-2H3,(H,21,26). The highest BCUT2D eigenvalue weighted by atomic mass is 35.5. The van der Waals surface area contributed by atoms with Crippen molar-refractivity contribution < 1.29 is 4.79 Å². The Morgan fingerprint density at radius 1 is 1.19 bits per heavy atom. The van der Waals surface area contributed by atoms with Crippen molar-refractivity contribution >= 4 is 17.5 Å². The van der Waals surface area contributed by atoms with Crippen molar-refractivity contribution in [1.29, 1.82) is 0 Å². The van der Waals surface area contributed by atoms with Crippen LogP contribution in [0.5, 0.6) is 0 Å². The Balaban J connectivity index is 1.47. The summed E-state index contributed by atoms with van der Waals surface area (Å²) in [5.41, 5.74) is 2.14. The number of nitrogens with zero attached hydrogens (tertiary/aromatic N) is 4. The van der Waals surface area contributed by atoms with Crippen LogP contribution >= 0.6 is 11.6 Å². The molecule has 2 fully saturated rings. The molecule has 0 spiro atoms. The third-order valence-corrected chi connectivity index (χ3v) is 5.51. The largest absolute Gasteiger partial charge is 0.348 e. The Kier molecular flexibility index (Phi) is 4.71. The van der Waals surface area contributed by atoms with E-state index in [1.165, 1.54) is 12.8 Å². The van der Waals surface area contributed by atoms with Crippen molar-refractivity contribution in [3.8, 4) is 5.82 Å². The number of hydrogen-bond acceptors (Lipinski definition) is 4. The van der Waals surface area contributed by atoms with Crippen LogP contribution in [0.2, 0.25) is 5.02 Å². The van der Waals surface area contributed by atoms with Crippen LogP contribution in [0.4, 0.5) is 0 Å². The van der Waals surface area contributed by atoms with E-state index in [0.29, 0.717) is 10.8 Å². The van der Waals surface area contributed by atoms with Gasteiger partial charge in [0.1, 0.15) is 5.69 Å². The van der Waals surface area contributed by atoms with Gasteiger partial charge in [-0.2, -0.15) is 5.10 Å².